The number of benzene rings is 1. The summed E-state index contributed by atoms with van der Waals surface area (Å²) in [5, 5.41) is 14.2. The van der Waals surface area contributed by atoms with Crippen LogP contribution in [0, 0.1) is 3.57 Å². The molecule has 9 nitrogen and oxygen atoms in total. The van der Waals surface area contributed by atoms with Gasteiger partial charge in [0.2, 0.25) is 5.91 Å². The zero-order chi connectivity index (χ0) is 18.4. The van der Waals surface area contributed by atoms with Gasteiger partial charge < -0.3 is 20.7 Å². The molecule has 1 atom stereocenters. The van der Waals surface area contributed by atoms with Gasteiger partial charge in [-0.3, -0.25) is 19.4 Å². The van der Waals surface area contributed by atoms with Crippen LogP contribution in [0.4, 0.5) is 0 Å². The first kappa shape index (κ1) is 18.9. The summed E-state index contributed by atoms with van der Waals surface area (Å²) in [4.78, 5) is 50.7. The Hall–Kier alpha value is -2.47. The monoisotopic (exact) mass is 458 g/mol. The Morgan fingerprint density at radius 1 is 1.28 bits per heavy atom. The third-order valence-electron chi connectivity index (χ3n) is 3.22. The van der Waals surface area contributed by atoms with E-state index in [9.17, 15) is 24.3 Å². The van der Waals surface area contributed by atoms with Crippen molar-refractivity contribution >= 4 is 34.4 Å². The van der Waals surface area contributed by atoms with Crippen molar-refractivity contribution in [1.29, 1.82) is 0 Å². The first-order chi connectivity index (χ1) is 11.9. The van der Waals surface area contributed by atoms with Gasteiger partial charge in [-0.2, -0.15) is 0 Å². The van der Waals surface area contributed by atoms with Crippen LogP contribution in [-0.2, 0) is 11.3 Å². The Morgan fingerprint density at radius 3 is 2.68 bits per heavy atom. The minimum absolute atomic E-state index is 0.223. The van der Waals surface area contributed by atoms with Crippen LogP contribution in [0.3, 0.4) is 0 Å². The van der Waals surface area contributed by atoms with E-state index in [0.717, 1.165) is 15.3 Å². The van der Waals surface area contributed by atoms with Crippen LogP contribution in [-0.4, -0.2) is 39.5 Å². The fourth-order valence-corrected chi connectivity index (χ4v) is 2.58. The third-order valence-corrected chi connectivity index (χ3v) is 3.90. The lowest BCUT2D eigenvalue weighted by Gasteiger charge is -2.16. The maximum atomic E-state index is 12.1. The highest BCUT2D eigenvalue weighted by atomic mass is 127. The molecule has 1 heterocycles. The molecule has 0 fully saturated rings. The first-order valence-corrected chi connectivity index (χ1v) is 8.24. The second-order valence-electron chi connectivity index (χ2n) is 5.04. The van der Waals surface area contributed by atoms with Gasteiger partial charge in [0.25, 0.3) is 11.5 Å². The van der Waals surface area contributed by atoms with Gasteiger partial charge in [0, 0.05) is 16.3 Å². The number of H-pyrrole nitrogens is 2. The molecular formula is C15H15IN4O5. The second kappa shape index (κ2) is 8.58. The van der Waals surface area contributed by atoms with Crippen molar-refractivity contribution in [3.05, 3.63) is 66.0 Å². The number of aromatic amines is 2. The number of carbonyl (C=O) groups is 2. The van der Waals surface area contributed by atoms with E-state index < -0.39 is 35.7 Å². The van der Waals surface area contributed by atoms with Crippen molar-refractivity contribution in [2.75, 3.05) is 6.61 Å². The molecule has 0 saturated heterocycles. The van der Waals surface area contributed by atoms with Crippen LogP contribution in [0.1, 0.15) is 15.9 Å². The predicted molar refractivity (Wildman–Crippen MR) is 97.0 cm³/mol. The zero-order valence-corrected chi connectivity index (χ0v) is 15.0. The molecule has 2 aromatic rings. The summed E-state index contributed by atoms with van der Waals surface area (Å²) >= 11 is 2.14. The predicted octanol–water partition coefficient (Wildman–Crippen LogP) is -0.925. The molecule has 0 radical (unpaired) electrons. The lowest BCUT2D eigenvalue weighted by Crippen LogP contribution is -2.49. The molecule has 1 aromatic carbocycles. The second-order valence-corrected chi connectivity index (χ2v) is 6.29. The standard InChI is InChI=1S/C15H15IN4O5/c16-9-3-1-2-8(4-9)5-17-14(24)11(7-21)19-12(22)10-6-18-15(25)20-13(10)23/h1-4,6,11,21H,5,7H2,(H,17,24)(H,19,22)(H2,18,20,23,25). The van der Waals surface area contributed by atoms with Crippen molar-refractivity contribution in [1.82, 2.24) is 20.6 Å². The topological polar surface area (TPSA) is 144 Å². The number of aromatic nitrogens is 2. The summed E-state index contributed by atoms with van der Waals surface area (Å²) in [7, 11) is 0. The van der Waals surface area contributed by atoms with Crippen molar-refractivity contribution in [2.24, 2.45) is 0 Å². The largest absolute Gasteiger partial charge is 0.394 e. The van der Waals surface area contributed by atoms with Gasteiger partial charge in [-0.1, -0.05) is 12.1 Å². The van der Waals surface area contributed by atoms with Gasteiger partial charge in [-0.15, -0.1) is 0 Å². The maximum absolute atomic E-state index is 12.1. The minimum atomic E-state index is -1.23. The molecule has 2 amide bonds. The van der Waals surface area contributed by atoms with E-state index in [1.54, 1.807) is 0 Å². The number of nitrogens with one attached hydrogen (secondary N) is 4. The van der Waals surface area contributed by atoms with Crippen LogP contribution in [0.25, 0.3) is 0 Å². The fourth-order valence-electron chi connectivity index (χ4n) is 1.97. The van der Waals surface area contributed by atoms with Crippen LogP contribution in [0.2, 0.25) is 0 Å². The van der Waals surface area contributed by atoms with Crippen molar-refractivity contribution in [3.8, 4) is 0 Å². The Labute approximate surface area is 155 Å². The van der Waals surface area contributed by atoms with Gasteiger partial charge in [-0.05, 0) is 40.3 Å². The van der Waals surface area contributed by atoms with Gasteiger partial charge in [0.1, 0.15) is 11.6 Å². The Morgan fingerprint density at radius 2 is 2.04 bits per heavy atom. The number of amides is 2. The van der Waals surface area contributed by atoms with E-state index in [1.165, 1.54) is 0 Å². The highest BCUT2D eigenvalue weighted by Gasteiger charge is 2.22. The van der Waals surface area contributed by atoms with Gasteiger partial charge >= 0.3 is 5.69 Å². The van der Waals surface area contributed by atoms with Gasteiger partial charge in [0.05, 0.1) is 6.61 Å². The Balaban J connectivity index is 2.00. The molecule has 0 aliphatic rings. The molecule has 1 unspecified atom stereocenters. The fraction of sp³-hybridized carbons (Fsp3) is 0.200. The van der Waals surface area contributed by atoms with Crippen molar-refractivity contribution in [3.63, 3.8) is 0 Å². The number of carbonyl (C=O) groups excluding carboxylic acids is 2. The third kappa shape index (κ3) is 5.26. The SMILES string of the molecule is O=C(NC(CO)C(=O)NCc1cccc(I)c1)c1c[nH]c(=O)[nH]c1=O. The van der Waals surface area contributed by atoms with Crippen molar-refractivity contribution in [2.45, 2.75) is 12.6 Å². The molecule has 5 N–H and O–H groups in total. The number of halogens is 1. The highest BCUT2D eigenvalue weighted by molar-refractivity contribution is 14.1. The quantitative estimate of drug-likeness (QED) is 0.356. The van der Waals surface area contributed by atoms with E-state index in [0.29, 0.717) is 0 Å². The first-order valence-electron chi connectivity index (χ1n) is 7.16. The minimum Gasteiger partial charge on any atom is -0.394 e. The molecule has 0 aliphatic heterocycles. The van der Waals surface area contributed by atoms with Crippen LogP contribution in [0.5, 0.6) is 0 Å². The Kier molecular flexibility index (Phi) is 6.47. The molecule has 0 bridgehead atoms. The summed E-state index contributed by atoms with van der Waals surface area (Å²) in [5.41, 5.74) is -1.16. The molecule has 2 rings (SSSR count). The maximum Gasteiger partial charge on any atom is 0.325 e. The van der Waals surface area contributed by atoms with Gasteiger partial charge in [0.15, 0.2) is 0 Å². The lowest BCUT2D eigenvalue weighted by atomic mass is 10.2. The van der Waals surface area contributed by atoms with E-state index in [4.69, 9.17) is 0 Å². The molecule has 0 saturated carbocycles. The Bertz CT molecular complexity index is 892. The molecule has 0 spiro atoms. The number of hydrogen-bond donors (Lipinski definition) is 5. The van der Waals surface area contributed by atoms with Crippen molar-refractivity contribution < 1.29 is 14.7 Å². The van der Waals surface area contributed by atoms with E-state index in [-0.39, 0.29) is 12.1 Å². The molecule has 132 valence electrons. The summed E-state index contributed by atoms with van der Waals surface area (Å²) < 4.78 is 1.01. The van der Waals surface area contributed by atoms with E-state index >= 15 is 0 Å². The average Bonchev–Trinajstić information content (AvgIpc) is 2.57. The smallest absolute Gasteiger partial charge is 0.325 e. The average molecular weight is 458 g/mol. The van der Waals surface area contributed by atoms with Crippen LogP contribution < -0.4 is 21.9 Å². The molecular weight excluding hydrogens is 443 g/mol. The van der Waals surface area contributed by atoms with Crippen LogP contribution >= 0.6 is 22.6 Å². The van der Waals surface area contributed by atoms with E-state index in [1.807, 2.05) is 29.2 Å². The number of rotatable bonds is 6. The summed E-state index contributed by atoms with van der Waals surface area (Å²) in [5.74, 6) is -1.49. The van der Waals surface area contributed by atoms with Crippen LogP contribution in [0.15, 0.2) is 40.1 Å². The molecule has 0 aliphatic carbocycles. The summed E-state index contributed by atoms with van der Waals surface area (Å²) in [6, 6.07) is 6.23. The summed E-state index contributed by atoms with van der Waals surface area (Å²) in [6.45, 7) is -0.424. The normalized spacial score (nSPS) is 11.6. The van der Waals surface area contributed by atoms with E-state index in [2.05, 4.69) is 38.2 Å². The summed E-state index contributed by atoms with van der Waals surface area (Å²) in [6.07, 6.45) is 0.939. The van der Waals surface area contributed by atoms with Gasteiger partial charge in [-0.25, -0.2) is 4.79 Å². The zero-order valence-electron chi connectivity index (χ0n) is 12.8. The highest BCUT2D eigenvalue weighted by Crippen LogP contribution is 2.07. The molecule has 10 heteroatoms. The number of aliphatic hydroxyl groups is 1. The number of aliphatic hydroxyl groups excluding tert-OH is 1. The lowest BCUT2D eigenvalue weighted by molar-refractivity contribution is -0.124. The molecule has 25 heavy (non-hydrogen) atoms. The molecule has 1 aromatic heterocycles. The number of hydrogen-bond acceptors (Lipinski definition) is 5.